The third-order valence-electron chi connectivity index (χ3n) is 4.80. The molecule has 1 aliphatic rings. The molecule has 1 N–H and O–H groups in total. The molecular formula is C21H25N3O4S. The quantitative estimate of drug-likeness (QED) is 0.600. The van der Waals surface area contributed by atoms with Crippen LogP contribution < -0.4 is 5.43 Å². The maximum Gasteiger partial charge on any atom is 0.271 e. The summed E-state index contributed by atoms with van der Waals surface area (Å²) in [5.41, 5.74) is 6.59. The molecule has 0 aliphatic carbocycles. The van der Waals surface area contributed by atoms with E-state index in [1.807, 2.05) is 32.9 Å². The van der Waals surface area contributed by atoms with E-state index < -0.39 is 15.9 Å². The van der Waals surface area contributed by atoms with Crippen LogP contribution in [0.5, 0.6) is 0 Å². The molecule has 8 heteroatoms. The van der Waals surface area contributed by atoms with Crippen molar-refractivity contribution in [2.45, 2.75) is 25.7 Å². The van der Waals surface area contributed by atoms with E-state index in [2.05, 4.69) is 16.6 Å². The lowest BCUT2D eigenvalue weighted by molar-refractivity contribution is 0.0730. The zero-order chi connectivity index (χ0) is 21.0. The fraction of sp³-hybridized carbons (Fsp3) is 0.333. The monoisotopic (exact) mass is 415 g/mol. The molecule has 7 nitrogen and oxygen atoms in total. The Bertz CT molecular complexity index is 1040. The Hall–Kier alpha value is -2.55. The van der Waals surface area contributed by atoms with Crippen LogP contribution in [0.15, 0.2) is 52.5 Å². The highest BCUT2D eigenvalue weighted by Gasteiger charge is 2.26. The van der Waals surface area contributed by atoms with Gasteiger partial charge in [0.05, 0.1) is 23.8 Å². The van der Waals surface area contributed by atoms with E-state index in [1.54, 1.807) is 12.1 Å². The molecule has 0 saturated carbocycles. The summed E-state index contributed by atoms with van der Waals surface area (Å²) in [6.45, 7) is 7.16. The summed E-state index contributed by atoms with van der Waals surface area (Å²) >= 11 is 0. The summed E-state index contributed by atoms with van der Waals surface area (Å²) in [6.07, 6.45) is 0. The minimum Gasteiger partial charge on any atom is -0.379 e. The summed E-state index contributed by atoms with van der Waals surface area (Å²) in [6, 6.07) is 12.0. The number of hydrogen-bond donors (Lipinski definition) is 1. The van der Waals surface area contributed by atoms with Crippen LogP contribution in [-0.2, 0) is 14.8 Å². The largest absolute Gasteiger partial charge is 0.379 e. The van der Waals surface area contributed by atoms with Gasteiger partial charge in [0.2, 0.25) is 10.0 Å². The molecule has 0 unspecified atom stereocenters. The normalized spacial score (nSPS) is 15.9. The summed E-state index contributed by atoms with van der Waals surface area (Å²) in [5.74, 6) is -0.465. The van der Waals surface area contributed by atoms with Crippen molar-refractivity contribution in [2.24, 2.45) is 5.10 Å². The molecule has 1 saturated heterocycles. The summed E-state index contributed by atoms with van der Waals surface area (Å²) in [4.78, 5) is 12.6. The van der Waals surface area contributed by atoms with Crippen molar-refractivity contribution in [3.63, 3.8) is 0 Å². The highest BCUT2D eigenvalue weighted by Crippen LogP contribution is 2.18. The first-order valence-electron chi connectivity index (χ1n) is 9.39. The molecule has 0 bridgehead atoms. The highest BCUT2D eigenvalue weighted by molar-refractivity contribution is 7.89. The molecule has 0 atom stereocenters. The van der Waals surface area contributed by atoms with Gasteiger partial charge in [0.1, 0.15) is 0 Å². The molecule has 1 amide bonds. The van der Waals surface area contributed by atoms with Gasteiger partial charge in [-0.15, -0.1) is 0 Å². The number of morpholine rings is 1. The lowest BCUT2D eigenvalue weighted by atomic mass is 10.0. The van der Waals surface area contributed by atoms with Gasteiger partial charge in [0, 0.05) is 24.2 Å². The van der Waals surface area contributed by atoms with Crippen LogP contribution in [0.2, 0.25) is 0 Å². The van der Waals surface area contributed by atoms with Gasteiger partial charge < -0.3 is 4.74 Å². The SMILES string of the molecule is C/C(=N/NC(=O)c1cccc(S(=O)(=O)N2CCOCC2)c1)c1ccc(C)cc1C. The fourth-order valence-corrected chi connectivity index (χ4v) is 4.67. The number of amides is 1. The Balaban J connectivity index is 1.77. The second-order valence-corrected chi connectivity index (χ2v) is 8.94. The number of nitrogens with one attached hydrogen (secondary N) is 1. The molecule has 0 aromatic heterocycles. The van der Waals surface area contributed by atoms with Crippen molar-refractivity contribution < 1.29 is 17.9 Å². The highest BCUT2D eigenvalue weighted by atomic mass is 32.2. The molecule has 154 valence electrons. The van der Waals surface area contributed by atoms with E-state index in [-0.39, 0.29) is 10.5 Å². The first kappa shape index (κ1) is 21.2. The average Bonchev–Trinajstić information content (AvgIpc) is 2.72. The Labute approximate surface area is 171 Å². The first-order chi connectivity index (χ1) is 13.8. The number of rotatable bonds is 5. The minimum atomic E-state index is -3.66. The number of aryl methyl sites for hydroxylation is 2. The number of ether oxygens (including phenoxy) is 1. The van der Waals surface area contributed by atoms with E-state index in [4.69, 9.17) is 4.74 Å². The molecular weight excluding hydrogens is 390 g/mol. The van der Waals surface area contributed by atoms with Crippen molar-refractivity contribution >= 4 is 21.6 Å². The zero-order valence-electron chi connectivity index (χ0n) is 16.8. The van der Waals surface area contributed by atoms with E-state index in [1.165, 1.54) is 16.4 Å². The van der Waals surface area contributed by atoms with Crippen LogP contribution in [0, 0.1) is 13.8 Å². The third kappa shape index (κ3) is 4.90. The number of benzene rings is 2. The molecule has 1 fully saturated rings. The number of hydrogen-bond acceptors (Lipinski definition) is 5. The third-order valence-corrected chi connectivity index (χ3v) is 6.70. The van der Waals surface area contributed by atoms with Gasteiger partial charge in [-0.2, -0.15) is 9.41 Å². The maximum atomic E-state index is 12.8. The van der Waals surface area contributed by atoms with Gasteiger partial charge in [0.25, 0.3) is 5.91 Å². The van der Waals surface area contributed by atoms with Crippen LogP contribution in [0.3, 0.4) is 0 Å². The van der Waals surface area contributed by atoms with Gasteiger partial charge in [0.15, 0.2) is 0 Å². The van der Waals surface area contributed by atoms with Crippen LogP contribution in [-0.4, -0.2) is 50.6 Å². The van der Waals surface area contributed by atoms with Crippen molar-refractivity contribution in [1.82, 2.24) is 9.73 Å². The molecule has 1 aliphatic heterocycles. The van der Waals surface area contributed by atoms with Crippen molar-refractivity contribution in [3.8, 4) is 0 Å². The first-order valence-corrected chi connectivity index (χ1v) is 10.8. The van der Waals surface area contributed by atoms with Crippen LogP contribution >= 0.6 is 0 Å². The van der Waals surface area contributed by atoms with Gasteiger partial charge in [-0.25, -0.2) is 13.8 Å². The number of nitrogens with zero attached hydrogens (tertiary/aromatic N) is 2. The van der Waals surface area contributed by atoms with Crippen LogP contribution in [0.1, 0.15) is 34.0 Å². The minimum absolute atomic E-state index is 0.0853. The van der Waals surface area contributed by atoms with E-state index in [0.717, 1.165) is 16.7 Å². The standard InChI is InChI=1S/C21H25N3O4S/c1-15-7-8-20(16(2)13-15)17(3)22-23-21(25)18-5-4-6-19(14-18)29(26,27)24-9-11-28-12-10-24/h4-8,13-14H,9-12H2,1-3H3,(H,23,25)/b22-17-. The lowest BCUT2D eigenvalue weighted by Gasteiger charge is -2.26. The topological polar surface area (TPSA) is 88.1 Å². The van der Waals surface area contributed by atoms with E-state index >= 15 is 0 Å². The molecule has 2 aromatic carbocycles. The molecule has 0 radical (unpaired) electrons. The van der Waals surface area contributed by atoms with Crippen molar-refractivity contribution in [2.75, 3.05) is 26.3 Å². The molecule has 1 heterocycles. The van der Waals surface area contributed by atoms with Crippen LogP contribution in [0.4, 0.5) is 0 Å². The van der Waals surface area contributed by atoms with Gasteiger partial charge in [-0.3, -0.25) is 4.79 Å². The predicted molar refractivity (Wildman–Crippen MR) is 112 cm³/mol. The maximum absolute atomic E-state index is 12.8. The number of hydrazone groups is 1. The van der Waals surface area contributed by atoms with Crippen LogP contribution in [0.25, 0.3) is 0 Å². The Morgan fingerprint density at radius 2 is 1.83 bits per heavy atom. The fourth-order valence-electron chi connectivity index (χ4n) is 3.21. The van der Waals surface area contributed by atoms with Gasteiger partial charge in [-0.05, 0) is 44.5 Å². The van der Waals surface area contributed by atoms with Gasteiger partial charge in [-0.1, -0.05) is 29.8 Å². The molecule has 3 rings (SSSR count). The zero-order valence-corrected chi connectivity index (χ0v) is 17.6. The predicted octanol–water partition coefficient (Wildman–Crippen LogP) is 2.48. The Morgan fingerprint density at radius 3 is 2.52 bits per heavy atom. The number of sulfonamides is 1. The number of carbonyl (C=O) groups excluding carboxylic acids is 1. The van der Waals surface area contributed by atoms with E-state index in [9.17, 15) is 13.2 Å². The average molecular weight is 416 g/mol. The smallest absolute Gasteiger partial charge is 0.271 e. The second kappa shape index (κ2) is 8.86. The Morgan fingerprint density at radius 1 is 1.10 bits per heavy atom. The lowest BCUT2D eigenvalue weighted by Crippen LogP contribution is -2.40. The second-order valence-electron chi connectivity index (χ2n) is 7.00. The number of carbonyl (C=O) groups is 1. The molecule has 0 spiro atoms. The summed E-state index contributed by atoms with van der Waals surface area (Å²) in [7, 11) is -3.66. The summed E-state index contributed by atoms with van der Waals surface area (Å²) < 4.78 is 32.2. The van der Waals surface area contributed by atoms with Crippen molar-refractivity contribution in [3.05, 3.63) is 64.7 Å². The summed E-state index contributed by atoms with van der Waals surface area (Å²) in [5, 5.41) is 4.18. The van der Waals surface area contributed by atoms with Gasteiger partial charge >= 0.3 is 0 Å². The van der Waals surface area contributed by atoms with E-state index in [0.29, 0.717) is 32.0 Å². The molecule has 2 aromatic rings. The van der Waals surface area contributed by atoms with Crippen molar-refractivity contribution in [1.29, 1.82) is 0 Å². The molecule has 29 heavy (non-hydrogen) atoms. The Kier molecular flexibility index (Phi) is 6.46.